The van der Waals surface area contributed by atoms with Gasteiger partial charge in [0.05, 0.1) is 13.2 Å². The van der Waals surface area contributed by atoms with Crippen molar-refractivity contribution in [3.8, 4) is 0 Å². The van der Waals surface area contributed by atoms with Gasteiger partial charge in [0.25, 0.3) is 0 Å². The highest BCUT2D eigenvalue weighted by atomic mass is 16.5. The minimum Gasteiger partial charge on any atom is -0.396 e. The van der Waals surface area contributed by atoms with Crippen molar-refractivity contribution in [3.05, 3.63) is 0 Å². The summed E-state index contributed by atoms with van der Waals surface area (Å²) < 4.78 is 10.0. The number of aliphatic hydroxyl groups is 1. The highest BCUT2D eigenvalue weighted by Crippen LogP contribution is 1.96. The van der Waals surface area contributed by atoms with E-state index in [1.165, 1.54) is 51.6 Å². The topological polar surface area (TPSA) is 45.2 Å². The maximum Gasteiger partial charge on any atom is 0.0594 e. The van der Waals surface area contributed by atoms with Crippen LogP contribution in [0, 0.1) is 0 Å². The predicted molar refractivity (Wildman–Crippen MR) is 124 cm³/mol. The van der Waals surface area contributed by atoms with Gasteiger partial charge in [-0.25, -0.2) is 0 Å². The molecule has 0 aromatic carbocycles. The standard InChI is InChI=1S/C7H15NO.C6H14O.C5H13N.C5H12O/c1-2-3-8-4-6-9-7-5-8;1-3-4-5-6-7-2;1-4-5-6(2)3;1-2-3-4-5-6/h2-7H2,1H3;3-6H2,1-2H3;4-5H2,1-3H3;6H,2-5H2,1H3. The molecule has 5 nitrogen and oxygen atoms in total. The molecule has 0 radical (unpaired) electrons. The van der Waals surface area contributed by atoms with E-state index in [4.69, 9.17) is 14.6 Å². The number of nitrogens with zero attached hydrogens (tertiary/aromatic N) is 2. The molecule has 0 amide bonds. The third-order valence-corrected chi connectivity index (χ3v) is 4.03. The largest absolute Gasteiger partial charge is 0.396 e. The molecule has 1 heterocycles. The second kappa shape index (κ2) is 31.5. The Bertz CT molecular complexity index is 225. The van der Waals surface area contributed by atoms with Crippen molar-refractivity contribution >= 4 is 0 Å². The second-order valence-corrected chi connectivity index (χ2v) is 7.39. The van der Waals surface area contributed by atoms with Crippen LogP contribution in [0.4, 0.5) is 0 Å². The van der Waals surface area contributed by atoms with Gasteiger partial charge in [-0.2, -0.15) is 0 Å². The summed E-state index contributed by atoms with van der Waals surface area (Å²) in [6, 6.07) is 0. The summed E-state index contributed by atoms with van der Waals surface area (Å²) in [4.78, 5) is 4.63. The number of aliphatic hydroxyl groups excluding tert-OH is 1. The van der Waals surface area contributed by atoms with Crippen LogP contribution in [0.3, 0.4) is 0 Å². The van der Waals surface area contributed by atoms with Gasteiger partial charge in [-0.3, -0.25) is 4.90 Å². The Hall–Kier alpha value is -0.200. The molecule has 0 aromatic rings. The van der Waals surface area contributed by atoms with Crippen molar-refractivity contribution in [2.75, 3.05) is 73.8 Å². The van der Waals surface area contributed by atoms with Crippen LogP contribution in [0.5, 0.6) is 0 Å². The molecule has 28 heavy (non-hydrogen) atoms. The lowest BCUT2D eigenvalue weighted by atomic mass is 10.3. The van der Waals surface area contributed by atoms with E-state index in [9.17, 15) is 0 Å². The van der Waals surface area contributed by atoms with Gasteiger partial charge in [0.2, 0.25) is 0 Å². The van der Waals surface area contributed by atoms with Crippen LogP contribution in [0.15, 0.2) is 0 Å². The Balaban J connectivity index is -0.000000303. The molecule has 0 saturated carbocycles. The molecule has 1 fully saturated rings. The third kappa shape index (κ3) is 36.7. The van der Waals surface area contributed by atoms with E-state index in [1.54, 1.807) is 7.11 Å². The van der Waals surface area contributed by atoms with Crippen molar-refractivity contribution in [3.63, 3.8) is 0 Å². The highest BCUT2D eigenvalue weighted by molar-refractivity contribution is 4.59. The minimum atomic E-state index is 0.355. The second-order valence-electron chi connectivity index (χ2n) is 7.39. The molecule has 1 rings (SSSR count). The maximum atomic E-state index is 8.20. The van der Waals surface area contributed by atoms with E-state index in [1.807, 2.05) is 0 Å². The lowest BCUT2D eigenvalue weighted by molar-refractivity contribution is 0.0380. The molecular weight excluding hydrogens is 352 g/mol. The first-order valence-corrected chi connectivity index (χ1v) is 11.6. The average Bonchev–Trinajstić information content (AvgIpc) is 2.69. The zero-order valence-electron chi connectivity index (χ0n) is 20.5. The van der Waals surface area contributed by atoms with Crippen LogP contribution in [0.2, 0.25) is 0 Å². The van der Waals surface area contributed by atoms with Crippen molar-refractivity contribution in [2.24, 2.45) is 0 Å². The summed E-state index contributed by atoms with van der Waals surface area (Å²) in [6.07, 6.45) is 9.64. The Kier molecular flexibility index (Phi) is 36.5. The van der Waals surface area contributed by atoms with Gasteiger partial charge in [0.15, 0.2) is 0 Å². The third-order valence-electron chi connectivity index (χ3n) is 4.03. The molecule has 1 saturated heterocycles. The summed E-state index contributed by atoms with van der Waals surface area (Å²) >= 11 is 0. The number of rotatable bonds is 11. The summed E-state index contributed by atoms with van der Waals surface area (Å²) in [5.74, 6) is 0. The molecule has 0 aliphatic carbocycles. The zero-order valence-corrected chi connectivity index (χ0v) is 20.5. The van der Waals surface area contributed by atoms with Gasteiger partial charge in [-0.1, -0.05) is 53.4 Å². The molecule has 0 spiro atoms. The van der Waals surface area contributed by atoms with E-state index < -0.39 is 0 Å². The number of ether oxygens (including phenoxy) is 2. The van der Waals surface area contributed by atoms with Gasteiger partial charge >= 0.3 is 0 Å². The lowest BCUT2D eigenvalue weighted by Crippen LogP contribution is -2.36. The van der Waals surface area contributed by atoms with Gasteiger partial charge in [-0.05, 0) is 52.9 Å². The fourth-order valence-corrected chi connectivity index (χ4v) is 2.45. The Morgan fingerprint density at radius 3 is 1.75 bits per heavy atom. The van der Waals surface area contributed by atoms with Gasteiger partial charge < -0.3 is 19.5 Å². The molecule has 1 N–H and O–H groups in total. The molecular formula is C23H54N2O3. The van der Waals surface area contributed by atoms with Crippen LogP contribution in [-0.2, 0) is 9.47 Å². The Morgan fingerprint density at radius 1 is 0.857 bits per heavy atom. The molecule has 174 valence electrons. The average molecular weight is 407 g/mol. The first kappa shape index (κ1) is 32.5. The van der Waals surface area contributed by atoms with Crippen molar-refractivity contribution in [1.29, 1.82) is 0 Å². The summed E-state index contributed by atoms with van der Waals surface area (Å²) in [7, 11) is 5.92. The smallest absolute Gasteiger partial charge is 0.0594 e. The molecule has 1 aliphatic heterocycles. The summed E-state index contributed by atoms with van der Waals surface area (Å²) in [6.45, 7) is 16.6. The molecule has 1 aliphatic rings. The summed E-state index contributed by atoms with van der Waals surface area (Å²) in [5, 5.41) is 8.20. The zero-order chi connectivity index (χ0) is 21.9. The fourth-order valence-electron chi connectivity index (χ4n) is 2.45. The van der Waals surface area contributed by atoms with Gasteiger partial charge in [0, 0.05) is 33.4 Å². The van der Waals surface area contributed by atoms with Crippen LogP contribution >= 0.6 is 0 Å². The van der Waals surface area contributed by atoms with Crippen LogP contribution < -0.4 is 0 Å². The first-order chi connectivity index (χ1) is 13.5. The molecule has 0 aromatic heterocycles. The number of hydrogen-bond donors (Lipinski definition) is 1. The van der Waals surface area contributed by atoms with Gasteiger partial charge in [-0.15, -0.1) is 0 Å². The van der Waals surface area contributed by atoms with E-state index in [0.717, 1.165) is 45.8 Å². The molecule has 5 heteroatoms. The highest BCUT2D eigenvalue weighted by Gasteiger charge is 2.07. The van der Waals surface area contributed by atoms with Gasteiger partial charge in [0.1, 0.15) is 0 Å². The van der Waals surface area contributed by atoms with E-state index in [0.29, 0.717) is 6.61 Å². The Labute approximate surface area is 177 Å². The van der Waals surface area contributed by atoms with Crippen LogP contribution in [-0.4, -0.2) is 88.7 Å². The first-order valence-electron chi connectivity index (χ1n) is 11.6. The quantitative estimate of drug-likeness (QED) is 0.505. The monoisotopic (exact) mass is 406 g/mol. The molecule has 0 bridgehead atoms. The SMILES string of the molecule is CCCCCO.CCCCCOC.CCCN(C)C.CCCN1CCOCC1. The van der Waals surface area contributed by atoms with E-state index in [-0.39, 0.29) is 0 Å². The fraction of sp³-hybridized carbons (Fsp3) is 1.00. The van der Waals surface area contributed by atoms with E-state index >= 15 is 0 Å². The number of morpholine rings is 1. The lowest BCUT2D eigenvalue weighted by Gasteiger charge is -2.25. The van der Waals surface area contributed by atoms with Crippen molar-refractivity contribution in [2.45, 2.75) is 79.1 Å². The normalized spacial score (nSPS) is 13.6. The minimum absolute atomic E-state index is 0.355. The number of methoxy groups -OCH3 is 1. The van der Waals surface area contributed by atoms with E-state index in [2.05, 4.69) is 51.6 Å². The summed E-state index contributed by atoms with van der Waals surface area (Å²) in [5.41, 5.74) is 0. The van der Waals surface area contributed by atoms with Crippen molar-refractivity contribution < 1.29 is 14.6 Å². The number of hydrogen-bond acceptors (Lipinski definition) is 5. The van der Waals surface area contributed by atoms with Crippen molar-refractivity contribution in [1.82, 2.24) is 9.80 Å². The Morgan fingerprint density at radius 2 is 1.43 bits per heavy atom. The molecule has 0 unspecified atom stereocenters. The number of unbranched alkanes of at least 4 members (excludes halogenated alkanes) is 4. The van der Waals surface area contributed by atoms with Crippen LogP contribution in [0.25, 0.3) is 0 Å². The molecule has 0 atom stereocenters. The predicted octanol–water partition coefficient (Wildman–Crippen LogP) is 4.68. The van der Waals surface area contributed by atoms with Crippen LogP contribution in [0.1, 0.15) is 79.1 Å². The maximum absolute atomic E-state index is 8.20.